The van der Waals surface area contributed by atoms with E-state index >= 15 is 0 Å². The van der Waals surface area contributed by atoms with Crippen LogP contribution in [0.1, 0.15) is 24.2 Å². The molecule has 1 aromatic carbocycles. The Morgan fingerprint density at radius 2 is 1.95 bits per heavy atom. The molecule has 0 amide bonds. The molecule has 2 rings (SSSR count). The summed E-state index contributed by atoms with van der Waals surface area (Å²) < 4.78 is 21.4. The van der Waals surface area contributed by atoms with Gasteiger partial charge in [-0.05, 0) is 37.1 Å². The van der Waals surface area contributed by atoms with Crippen LogP contribution in [0.3, 0.4) is 0 Å². The zero-order valence-electron chi connectivity index (χ0n) is 12.7. The van der Waals surface area contributed by atoms with E-state index in [1.807, 2.05) is 25.1 Å². The van der Waals surface area contributed by atoms with E-state index in [4.69, 9.17) is 18.9 Å². The van der Waals surface area contributed by atoms with Gasteiger partial charge in [0.05, 0.1) is 39.1 Å². The Morgan fingerprint density at radius 3 is 2.62 bits per heavy atom. The highest BCUT2D eigenvalue weighted by atomic mass is 16.6. The molecule has 0 spiro atoms. The first kappa shape index (κ1) is 16.2. The fourth-order valence-corrected chi connectivity index (χ4v) is 2.02. The van der Waals surface area contributed by atoms with E-state index in [0.717, 1.165) is 23.5 Å². The van der Waals surface area contributed by atoms with Gasteiger partial charge >= 0.3 is 0 Å². The van der Waals surface area contributed by atoms with E-state index in [0.29, 0.717) is 39.1 Å². The number of hydrogen-bond donors (Lipinski definition) is 1. The van der Waals surface area contributed by atoms with Crippen molar-refractivity contribution < 1.29 is 24.1 Å². The van der Waals surface area contributed by atoms with Crippen molar-refractivity contribution in [3.05, 3.63) is 29.3 Å². The molecule has 1 saturated heterocycles. The minimum atomic E-state index is -0.455. The number of aliphatic hydroxyl groups is 1. The molecule has 0 aromatic heterocycles. The van der Waals surface area contributed by atoms with Crippen LogP contribution in [0, 0.1) is 6.92 Å². The normalized spacial score (nSPS) is 18.5. The van der Waals surface area contributed by atoms with Crippen LogP contribution >= 0.6 is 0 Å². The molecule has 1 aliphatic rings. The lowest BCUT2D eigenvalue weighted by Crippen LogP contribution is -2.12. The van der Waals surface area contributed by atoms with Gasteiger partial charge in [-0.3, -0.25) is 0 Å². The number of benzene rings is 1. The summed E-state index contributed by atoms with van der Waals surface area (Å²) in [6.07, 6.45) is -0.149. The summed E-state index contributed by atoms with van der Waals surface area (Å²) in [5.41, 5.74) is 1.95. The lowest BCUT2D eigenvalue weighted by Gasteiger charge is -2.12. The molecule has 5 nitrogen and oxygen atoms in total. The second kappa shape index (κ2) is 8.34. The molecule has 0 bridgehead atoms. The molecule has 21 heavy (non-hydrogen) atoms. The van der Waals surface area contributed by atoms with Crippen LogP contribution in [0.5, 0.6) is 5.75 Å². The number of epoxide rings is 1. The third-order valence-corrected chi connectivity index (χ3v) is 3.27. The molecule has 0 radical (unpaired) electrons. The Morgan fingerprint density at radius 1 is 1.24 bits per heavy atom. The fraction of sp³-hybridized carbons (Fsp3) is 0.625. The van der Waals surface area contributed by atoms with Crippen LogP contribution in [0.25, 0.3) is 0 Å². The van der Waals surface area contributed by atoms with E-state index in [-0.39, 0.29) is 0 Å². The molecular weight excluding hydrogens is 272 g/mol. The van der Waals surface area contributed by atoms with E-state index in [1.54, 1.807) is 6.92 Å². The maximum atomic E-state index is 9.57. The smallest absolute Gasteiger partial charge is 0.119 e. The van der Waals surface area contributed by atoms with Crippen LogP contribution in [0.15, 0.2) is 18.2 Å². The van der Waals surface area contributed by atoms with Gasteiger partial charge in [-0.2, -0.15) is 0 Å². The molecule has 2 atom stereocenters. The Hall–Kier alpha value is -1.14. The van der Waals surface area contributed by atoms with Crippen molar-refractivity contribution >= 4 is 0 Å². The molecule has 2 unspecified atom stereocenters. The Balaban J connectivity index is 1.54. The van der Waals surface area contributed by atoms with Crippen LogP contribution in [0.4, 0.5) is 0 Å². The van der Waals surface area contributed by atoms with Crippen molar-refractivity contribution in [3.63, 3.8) is 0 Å². The number of aryl methyl sites for hydroxylation is 1. The number of rotatable bonds is 10. The lowest BCUT2D eigenvalue weighted by atomic mass is 10.0. The highest BCUT2D eigenvalue weighted by Crippen LogP contribution is 2.22. The summed E-state index contributed by atoms with van der Waals surface area (Å²) in [7, 11) is 0. The number of hydrogen-bond acceptors (Lipinski definition) is 5. The highest BCUT2D eigenvalue weighted by Gasteiger charge is 2.21. The zero-order valence-corrected chi connectivity index (χ0v) is 12.7. The molecule has 0 aliphatic carbocycles. The van der Waals surface area contributed by atoms with Gasteiger partial charge in [-0.15, -0.1) is 0 Å². The topological polar surface area (TPSA) is 60.5 Å². The first-order valence-corrected chi connectivity index (χ1v) is 7.35. The summed E-state index contributed by atoms with van der Waals surface area (Å²) in [6.45, 7) is 7.38. The van der Waals surface area contributed by atoms with Gasteiger partial charge in [-0.1, -0.05) is 6.07 Å². The van der Waals surface area contributed by atoms with E-state index in [1.165, 1.54) is 0 Å². The van der Waals surface area contributed by atoms with Gasteiger partial charge in [-0.25, -0.2) is 0 Å². The molecule has 1 aromatic rings. The van der Waals surface area contributed by atoms with Gasteiger partial charge in [0.15, 0.2) is 0 Å². The standard InChI is InChI=1S/C16H24O5/c1-12-9-14(3-4-16(12)13(2)17)20-8-7-18-5-6-19-10-15-11-21-15/h3-4,9,13,15,17H,5-8,10-11H2,1-2H3. The average Bonchev–Trinajstić information content (AvgIpc) is 3.25. The maximum Gasteiger partial charge on any atom is 0.119 e. The Bertz CT molecular complexity index is 429. The highest BCUT2D eigenvalue weighted by molar-refractivity contribution is 5.35. The monoisotopic (exact) mass is 296 g/mol. The minimum absolute atomic E-state index is 0.307. The molecule has 1 heterocycles. The van der Waals surface area contributed by atoms with Crippen molar-refractivity contribution in [3.8, 4) is 5.75 Å². The molecule has 1 aliphatic heterocycles. The predicted octanol–water partition coefficient (Wildman–Crippen LogP) is 1.86. The van der Waals surface area contributed by atoms with Crippen molar-refractivity contribution in [2.45, 2.75) is 26.1 Å². The van der Waals surface area contributed by atoms with Crippen molar-refractivity contribution in [1.82, 2.24) is 0 Å². The largest absolute Gasteiger partial charge is 0.491 e. The van der Waals surface area contributed by atoms with Crippen LogP contribution in [0.2, 0.25) is 0 Å². The van der Waals surface area contributed by atoms with Crippen molar-refractivity contribution in [2.24, 2.45) is 0 Å². The number of ether oxygens (including phenoxy) is 4. The number of aliphatic hydroxyl groups excluding tert-OH is 1. The third-order valence-electron chi connectivity index (χ3n) is 3.27. The SMILES string of the molecule is Cc1cc(OCCOCCOCC2CO2)ccc1C(C)O. The molecule has 5 heteroatoms. The van der Waals surface area contributed by atoms with Crippen LogP contribution in [-0.2, 0) is 14.2 Å². The fourth-order valence-electron chi connectivity index (χ4n) is 2.02. The second-order valence-electron chi connectivity index (χ2n) is 5.19. The first-order chi connectivity index (χ1) is 10.2. The Kier molecular flexibility index (Phi) is 6.45. The molecule has 0 saturated carbocycles. The molecule has 1 fully saturated rings. The Labute approximate surface area is 125 Å². The summed E-state index contributed by atoms with van der Waals surface area (Å²) in [6, 6.07) is 5.69. The van der Waals surface area contributed by atoms with Gasteiger partial charge in [0.2, 0.25) is 0 Å². The first-order valence-electron chi connectivity index (χ1n) is 7.35. The zero-order chi connectivity index (χ0) is 15.1. The van der Waals surface area contributed by atoms with E-state index in [9.17, 15) is 5.11 Å². The summed E-state index contributed by atoms with van der Waals surface area (Å²) in [5.74, 6) is 0.794. The third kappa shape index (κ3) is 6.01. The predicted molar refractivity (Wildman–Crippen MR) is 78.7 cm³/mol. The average molecular weight is 296 g/mol. The van der Waals surface area contributed by atoms with Crippen molar-refractivity contribution in [1.29, 1.82) is 0 Å². The van der Waals surface area contributed by atoms with Crippen LogP contribution in [-0.4, -0.2) is 50.9 Å². The van der Waals surface area contributed by atoms with Gasteiger partial charge < -0.3 is 24.1 Å². The van der Waals surface area contributed by atoms with Gasteiger partial charge in [0.25, 0.3) is 0 Å². The van der Waals surface area contributed by atoms with Crippen molar-refractivity contribution in [2.75, 3.05) is 39.6 Å². The lowest BCUT2D eigenvalue weighted by molar-refractivity contribution is 0.0317. The van der Waals surface area contributed by atoms with E-state index in [2.05, 4.69) is 0 Å². The minimum Gasteiger partial charge on any atom is -0.491 e. The van der Waals surface area contributed by atoms with Gasteiger partial charge in [0, 0.05) is 0 Å². The second-order valence-corrected chi connectivity index (χ2v) is 5.19. The molecule has 118 valence electrons. The summed E-state index contributed by atoms with van der Waals surface area (Å²) >= 11 is 0. The summed E-state index contributed by atoms with van der Waals surface area (Å²) in [5, 5.41) is 9.57. The van der Waals surface area contributed by atoms with Crippen LogP contribution < -0.4 is 4.74 Å². The summed E-state index contributed by atoms with van der Waals surface area (Å²) in [4.78, 5) is 0. The quantitative estimate of drug-likeness (QED) is 0.527. The maximum absolute atomic E-state index is 9.57. The van der Waals surface area contributed by atoms with E-state index < -0.39 is 6.10 Å². The molecule has 1 N–H and O–H groups in total. The van der Waals surface area contributed by atoms with Gasteiger partial charge in [0.1, 0.15) is 18.5 Å². The molecular formula is C16H24O5.